The van der Waals surface area contributed by atoms with Crippen LogP contribution in [0.15, 0.2) is 21.5 Å². The Labute approximate surface area is 215 Å². The van der Waals surface area contributed by atoms with Crippen LogP contribution in [0.5, 0.6) is 0 Å². The number of aliphatic imine (C=N–C) groups is 1. The van der Waals surface area contributed by atoms with Gasteiger partial charge in [-0.15, -0.1) is 24.0 Å². The Hall–Kier alpha value is -0.880. The van der Waals surface area contributed by atoms with Crippen LogP contribution in [0.4, 0.5) is 0 Å². The second-order valence-electron chi connectivity index (χ2n) is 9.05. The van der Waals surface area contributed by atoms with Gasteiger partial charge in [0.1, 0.15) is 11.5 Å². The molecule has 8 nitrogen and oxygen atoms in total. The summed E-state index contributed by atoms with van der Waals surface area (Å²) in [5.41, 5.74) is 0. The molecule has 1 aromatic rings. The number of morpholine rings is 1. The number of guanidine groups is 1. The Balaban J connectivity index is 0.00000306. The summed E-state index contributed by atoms with van der Waals surface area (Å²) in [6.07, 6.45) is 6.25. The number of nitrogens with one attached hydrogen (secondary N) is 1. The Morgan fingerprint density at radius 1 is 1.12 bits per heavy atom. The van der Waals surface area contributed by atoms with E-state index in [9.17, 15) is 0 Å². The monoisotopic (exact) mass is 576 g/mol. The number of ether oxygens (including phenoxy) is 3. The molecule has 4 rings (SSSR count). The van der Waals surface area contributed by atoms with E-state index in [0.29, 0.717) is 12.2 Å². The van der Waals surface area contributed by atoms with Crippen LogP contribution in [-0.4, -0.2) is 94.2 Å². The molecule has 0 aliphatic carbocycles. The van der Waals surface area contributed by atoms with E-state index in [-0.39, 0.29) is 30.0 Å². The third-order valence-electron chi connectivity index (χ3n) is 6.77. The van der Waals surface area contributed by atoms with Gasteiger partial charge in [-0.05, 0) is 51.2 Å². The second kappa shape index (κ2) is 13.9. The normalized spacial score (nSPS) is 24.4. The maximum absolute atomic E-state index is 6.18. The van der Waals surface area contributed by atoms with Crippen molar-refractivity contribution in [2.45, 2.75) is 57.3 Å². The SMILES string of the molecule is CN=C(NCC(c1ccc(C)o1)N1CCOCC1)N1CCC(OCC2CCCCO2)CC1.I. The lowest BCUT2D eigenvalue weighted by Gasteiger charge is -2.37. The maximum Gasteiger partial charge on any atom is 0.193 e. The van der Waals surface area contributed by atoms with Crippen LogP contribution in [0.2, 0.25) is 0 Å². The minimum absolute atomic E-state index is 0. The van der Waals surface area contributed by atoms with Crippen molar-refractivity contribution >= 4 is 29.9 Å². The van der Waals surface area contributed by atoms with E-state index in [1.165, 1.54) is 12.8 Å². The Morgan fingerprint density at radius 3 is 2.55 bits per heavy atom. The Morgan fingerprint density at radius 2 is 1.91 bits per heavy atom. The molecule has 0 amide bonds. The van der Waals surface area contributed by atoms with E-state index in [1.54, 1.807) is 0 Å². The van der Waals surface area contributed by atoms with Crippen LogP contribution < -0.4 is 5.32 Å². The van der Waals surface area contributed by atoms with Gasteiger partial charge in [0, 0.05) is 46.4 Å². The summed E-state index contributed by atoms with van der Waals surface area (Å²) in [7, 11) is 1.87. The number of halogens is 1. The molecular weight excluding hydrogens is 535 g/mol. The average molecular weight is 577 g/mol. The first-order valence-corrected chi connectivity index (χ1v) is 12.3. The predicted octanol–water partition coefficient (Wildman–Crippen LogP) is 3.20. The number of rotatable bonds is 7. The van der Waals surface area contributed by atoms with Gasteiger partial charge in [-0.25, -0.2) is 0 Å². The minimum Gasteiger partial charge on any atom is -0.465 e. The molecular formula is C24H41IN4O4. The van der Waals surface area contributed by atoms with Gasteiger partial charge in [0.05, 0.1) is 38.1 Å². The first-order chi connectivity index (χ1) is 15.7. The number of hydrogen-bond acceptors (Lipinski definition) is 6. The highest BCUT2D eigenvalue weighted by atomic mass is 127. The van der Waals surface area contributed by atoms with E-state index in [2.05, 4.69) is 26.2 Å². The summed E-state index contributed by atoms with van der Waals surface area (Å²) >= 11 is 0. The topological polar surface area (TPSA) is 71.7 Å². The van der Waals surface area contributed by atoms with Gasteiger partial charge >= 0.3 is 0 Å². The molecule has 188 valence electrons. The van der Waals surface area contributed by atoms with Crippen molar-refractivity contribution in [2.24, 2.45) is 4.99 Å². The van der Waals surface area contributed by atoms with Gasteiger partial charge in [-0.1, -0.05) is 0 Å². The zero-order valence-electron chi connectivity index (χ0n) is 20.2. The van der Waals surface area contributed by atoms with Crippen molar-refractivity contribution in [3.63, 3.8) is 0 Å². The molecule has 1 aromatic heterocycles. The fraction of sp³-hybridized carbons (Fsp3) is 0.792. The molecule has 3 fully saturated rings. The van der Waals surface area contributed by atoms with E-state index in [0.717, 1.165) is 95.9 Å². The second-order valence-corrected chi connectivity index (χ2v) is 9.05. The van der Waals surface area contributed by atoms with Crippen molar-refractivity contribution in [3.8, 4) is 0 Å². The van der Waals surface area contributed by atoms with Gasteiger partial charge in [0.15, 0.2) is 5.96 Å². The highest BCUT2D eigenvalue weighted by Gasteiger charge is 2.28. The largest absolute Gasteiger partial charge is 0.465 e. The quantitative estimate of drug-likeness (QED) is 0.304. The summed E-state index contributed by atoms with van der Waals surface area (Å²) in [5, 5.41) is 3.62. The third-order valence-corrected chi connectivity index (χ3v) is 6.77. The fourth-order valence-corrected chi connectivity index (χ4v) is 4.87. The number of aryl methyl sites for hydroxylation is 1. The number of likely N-dealkylation sites (tertiary alicyclic amines) is 1. The van der Waals surface area contributed by atoms with E-state index in [4.69, 9.17) is 18.6 Å². The number of hydrogen-bond donors (Lipinski definition) is 1. The van der Waals surface area contributed by atoms with Crippen LogP contribution in [0.1, 0.15) is 49.7 Å². The van der Waals surface area contributed by atoms with E-state index < -0.39 is 0 Å². The zero-order valence-corrected chi connectivity index (χ0v) is 22.5. The lowest BCUT2D eigenvalue weighted by Crippen LogP contribution is -2.50. The molecule has 0 aromatic carbocycles. The van der Waals surface area contributed by atoms with Gasteiger partial charge in [0.2, 0.25) is 0 Å². The third kappa shape index (κ3) is 7.81. The summed E-state index contributed by atoms with van der Waals surface area (Å²) < 4.78 is 23.5. The maximum atomic E-state index is 6.18. The molecule has 2 unspecified atom stereocenters. The summed E-state index contributed by atoms with van der Waals surface area (Å²) in [6.45, 7) is 9.66. The molecule has 0 spiro atoms. The molecule has 2 atom stereocenters. The standard InChI is InChI=1S/C24H40N4O4.HI/c1-19-6-7-23(32-19)22(27-12-15-29-16-13-27)17-26-24(25-2)28-10-8-20(9-11-28)31-18-21-5-3-4-14-30-21;/h6-7,20-22H,3-5,8-18H2,1-2H3,(H,25,26);1H. The first-order valence-electron chi connectivity index (χ1n) is 12.3. The average Bonchev–Trinajstić information content (AvgIpc) is 3.28. The zero-order chi connectivity index (χ0) is 22.2. The lowest BCUT2D eigenvalue weighted by molar-refractivity contribution is -0.0721. The molecule has 4 heterocycles. The van der Waals surface area contributed by atoms with Gasteiger partial charge in [-0.3, -0.25) is 9.89 Å². The molecule has 33 heavy (non-hydrogen) atoms. The highest BCUT2D eigenvalue weighted by molar-refractivity contribution is 14.0. The van der Waals surface area contributed by atoms with Crippen molar-refractivity contribution in [3.05, 3.63) is 23.7 Å². The van der Waals surface area contributed by atoms with E-state index >= 15 is 0 Å². The van der Waals surface area contributed by atoms with Crippen LogP contribution in [0.25, 0.3) is 0 Å². The predicted molar refractivity (Wildman–Crippen MR) is 139 cm³/mol. The van der Waals surface area contributed by atoms with Crippen LogP contribution in [0, 0.1) is 6.92 Å². The molecule has 0 radical (unpaired) electrons. The first kappa shape index (κ1) is 26.7. The van der Waals surface area contributed by atoms with Gasteiger partial charge < -0.3 is 28.8 Å². The Bertz CT molecular complexity index is 711. The van der Waals surface area contributed by atoms with Gasteiger partial charge in [0.25, 0.3) is 0 Å². The Kier molecular flexibility index (Phi) is 11.2. The molecule has 3 aliphatic rings. The van der Waals surface area contributed by atoms with E-state index in [1.807, 2.05) is 20.0 Å². The molecule has 0 saturated carbocycles. The van der Waals surface area contributed by atoms with Crippen molar-refractivity contribution in [1.82, 2.24) is 15.1 Å². The number of nitrogens with zero attached hydrogens (tertiary/aromatic N) is 3. The number of furan rings is 1. The van der Waals surface area contributed by atoms with Crippen LogP contribution >= 0.6 is 24.0 Å². The molecule has 1 N–H and O–H groups in total. The van der Waals surface area contributed by atoms with Crippen LogP contribution in [0.3, 0.4) is 0 Å². The van der Waals surface area contributed by atoms with Crippen LogP contribution in [-0.2, 0) is 14.2 Å². The van der Waals surface area contributed by atoms with Gasteiger partial charge in [-0.2, -0.15) is 0 Å². The molecule has 0 bridgehead atoms. The summed E-state index contributed by atoms with van der Waals surface area (Å²) in [5.74, 6) is 2.91. The molecule has 3 saturated heterocycles. The van der Waals surface area contributed by atoms with Crippen molar-refractivity contribution < 1.29 is 18.6 Å². The molecule has 3 aliphatic heterocycles. The van der Waals surface area contributed by atoms with Crippen molar-refractivity contribution in [2.75, 3.05) is 66.2 Å². The smallest absolute Gasteiger partial charge is 0.193 e. The number of piperidine rings is 1. The minimum atomic E-state index is 0. The lowest BCUT2D eigenvalue weighted by atomic mass is 10.1. The highest BCUT2D eigenvalue weighted by Crippen LogP contribution is 2.24. The summed E-state index contributed by atoms with van der Waals surface area (Å²) in [4.78, 5) is 9.36. The van der Waals surface area contributed by atoms with Crippen molar-refractivity contribution in [1.29, 1.82) is 0 Å². The summed E-state index contributed by atoms with van der Waals surface area (Å²) in [6, 6.07) is 4.31. The molecule has 9 heteroatoms. The fourth-order valence-electron chi connectivity index (χ4n) is 4.87.